The van der Waals surface area contributed by atoms with Gasteiger partial charge in [0, 0.05) is 18.4 Å². The second kappa shape index (κ2) is 7.59. The van der Waals surface area contributed by atoms with E-state index in [0.717, 1.165) is 16.7 Å². The Hall–Kier alpha value is -3.34. The molecule has 5 nitrogen and oxygen atoms in total. The maximum Gasteiger partial charge on any atom is 0.340 e. The molecule has 2 aliphatic rings. The van der Waals surface area contributed by atoms with E-state index >= 15 is 0 Å². The molecule has 29 heavy (non-hydrogen) atoms. The van der Waals surface area contributed by atoms with E-state index in [1.165, 1.54) is 7.11 Å². The lowest BCUT2D eigenvalue weighted by atomic mass is 9.73. The van der Waals surface area contributed by atoms with Gasteiger partial charge in [0.2, 0.25) is 5.88 Å². The van der Waals surface area contributed by atoms with Crippen molar-refractivity contribution in [3.63, 3.8) is 0 Å². The van der Waals surface area contributed by atoms with Gasteiger partial charge in [-0.1, -0.05) is 60.2 Å². The van der Waals surface area contributed by atoms with Crippen LogP contribution in [0, 0.1) is 6.92 Å². The summed E-state index contributed by atoms with van der Waals surface area (Å²) < 4.78 is 10.8. The van der Waals surface area contributed by atoms with Crippen LogP contribution in [0.15, 0.2) is 77.4 Å². The third kappa shape index (κ3) is 3.44. The number of ketones is 1. The first-order valence-electron chi connectivity index (χ1n) is 9.63. The summed E-state index contributed by atoms with van der Waals surface area (Å²) in [4.78, 5) is 25.8. The number of carbonyl (C=O) groups is 2. The number of carbonyl (C=O) groups excluding carboxylic acids is 2. The van der Waals surface area contributed by atoms with Crippen LogP contribution in [0.4, 0.5) is 0 Å². The standard InChI is InChI=1S/C24H23NO4/c1-14-8-10-16(11-9-14)20-21-18(26)12-17(15-6-4-3-5-7-15)13-19(21)29-23(25)22(20)24(27)28-2/h3-11,17,20H,12-13,25H2,1-2H3/t17-,20+/m1/s1. The van der Waals surface area contributed by atoms with E-state index in [-0.39, 0.29) is 23.2 Å². The van der Waals surface area contributed by atoms with Crippen molar-refractivity contribution in [3.8, 4) is 0 Å². The van der Waals surface area contributed by atoms with Crippen molar-refractivity contribution in [1.82, 2.24) is 0 Å². The summed E-state index contributed by atoms with van der Waals surface area (Å²) >= 11 is 0. The molecule has 5 heteroatoms. The third-order valence-corrected chi connectivity index (χ3v) is 5.63. The van der Waals surface area contributed by atoms with Crippen molar-refractivity contribution < 1.29 is 19.1 Å². The van der Waals surface area contributed by atoms with Gasteiger partial charge in [0.15, 0.2) is 5.78 Å². The highest BCUT2D eigenvalue weighted by atomic mass is 16.5. The summed E-state index contributed by atoms with van der Waals surface area (Å²) in [5, 5.41) is 0. The van der Waals surface area contributed by atoms with E-state index in [9.17, 15) is 9.59 Å². The molecule has 0 fully saturated rings. The van der Waals surface area contributed by atoms with E-state index in [1.54, 1.807) is 0 Å². The first kappa shape index (κ1) is 19.0. The van der Waals surface area contributed by atoms with Gasteiger partial charge in [-0.15, -0.1) is 0 Å². The van der Waals surface area contributed by atoms with Crippen LogP contribution in [0.3, 0.4) is 0 Å². The smallest absolute Gasteiger partial charge is 0.340 e. The number of hydrogen-bond donors (Lipinski definition) is 1. The summed E-state index contributed by atoms with van der Waals surface area (Å²) in [6, 6.07) is 17.7. The van der Waals surface area contributed by atoms with Gasteiger partial charge in [-0.05, 0) is 24.0 Å². The molecule has 0 amide bonds. The van der Waals surface area contributed by atoms with E-state index < -0.39 is 11.9 Å². The highest BCUT2D eigenvalue weighted by Gasteiger charge is 2.43. The molecular weight excluding hydrogens is 366 g/mol. The van der Waals surface area contributed by atoms with Gasteiger partial charge >= 0.3 is 5.97 Å². The highest BCUT2D eigenvalue weighted by Crippen LogP contribution is 2.47. The van der Waals surface area contributed by atoms with Crippen LogP contribution in [-0.2, 0) is 19.1 Å². The van der Waals surface area contributed by atoms with E-state index in [2.05, 4.69) is 0 Å². The summed E-state index contributed by atoms with van der Waals surface area (Å²) in [6.45, 7) is 1.99. The third-order valence-electron chi connectivity index (χ3n) is 5.63. The lowest BCUT2D eigenvalue weighted by molar-refractivity contribution is -0.136. The summed E-state index contributed by atoms with van der Waals surface area (Å²) in [5.74, 6) is -0.629. The van der Waals surface area contributed by atoms with Gasteiger partial charge in [-0.2, -0.15) is 0 Å². The molecule has 1 aliphatic carbocycles. The van der Waals surface area contributed by atoms with Crippen molar-refractivity contribution in [2.75, 3.05) is 7.11 Å². The van der Waals surface area contributed by atoms with Crippen LogP contribution >= 0.6 is 0 Å². The number of methoxy groups -OCH3 is 1. The van der Waals surface area contributed by atoms with Gasteiger partial charge in [0.25, 0.3) is 0 Å². The van der Waals surface area contributed by atoms with Gasteiger partial charge in [0.05, 0.1) is 13.0 Å². The van der Waals surface area contributed by atoms with Gasteiger partial charge in [0.1, 0.15) is 11.3 Å². The molecule has 0 spiro atoms. The Morgan fingerprint density at radius 3 is 2.38 bits per heavy atom. The molecule has 0 radical (unpaired) electrons. The lowest BCUT2D eigenvalue weighted by Gasteiger charge is -2.35. The largest absolute Gasteiger partial charge is 0.465 e. The molecule has 2 atom stereocenters. The zero-order valence-corrected chi connectivity index (χ0v) is 16.5. The number of rotatable bonds is 3. The number of aryl methyl sites for hydroxylation is 1. The molecule has 1 heterocycles. The Balaban J connectivity index is 1.81. The van der Waals surface area contributed by atoms with E-state index in [1.807, 2.05) is 61.5 Å². The molecule has 0 saturated carbocycles. The molecule has 0 aromatic heterocycles. The maximum absolute atomic E-state index is 13.3. The van der Waals surface area contributed by atoms with Crippen molar-refractivity contribution in [2.45, 2.75) is 31.6 Å². The predicted octanol–water partition coefficient (Wildman–Crippen LogP) is 3.85. The molecule has 0 bridgehead atoms. The van der Waals surface area contributed by atoms with Crippen LogP contribution in [0.2, 0.25) is 0 Å². The zero-order valence-electron chi connectivity index (χ0n) is 16.5. The molecule has 148 valence electrons. The summed E-state index contributed by atoms with van der Waals surface area (Å²) in [6.07, 6.45) is 0.922. The predicted molar refractivity (Wildman–Crippen MR) is 109 cm³/mol. The fourth-order valence-electron chi connectivity index (χ4n) is 4.17. The van der Waals surface area contributed by atoms with Gasteiger partial charge < -0.3 is 15.2 Å². The Labute approximate surface area is 169 Å². The van der Waals surface area contributed by atoms with E-state index in [4.69, 9.17) is 15.2 Å². The van der Waals surface area contributed by atoms with Crippen molar-refractivity contribution in [1.29, 1.82) is 0 Å². The average Bonchev–Trinajstić information content (AvgIpc) is 2.73. The van der Waals surface area contributed by atoms with Gasteiger partial charge in [-0.25, -0.2) is 4.79 Å². The Morgan fingerprint density at radius 1 is 1.03 bits per heavy atom. The summed E-state index contributed by atoms with van der Waals surface area (Å²) in [5.41, 5.74) is 9.85. The number of hydrogen-bond acceptors (Lipinski definition) is 5. The van der Waals surface area contributed by atoms with Crippen molar-refractivity contribution >= 4 is 11.8 Å². The second-order valence-electron chi connectivity index (χ2n) is 7.49. The monoisotopic (exact) mass is 389 g/mol. The molecule has 2 aromatic carbocycles. The normalized spacial score (nSPS) is 21.5. The Bertz CT molecular complexity index is 1020. The number of Topliss-reactive ketones (excluding diaryl/α,β-unsaturated/α-hetero) is 1. The van der Waals surface area contributed by atoms with Crippen LogP contribution < -0.4 is 5.73 Å². The number of nitrogens with two attached hydrogens (primary N) is 1. The van der Waals surface area contributed by atoms with Crippen LogP contribution in [0.5, 0.6) is 0 Å². The second-order valence-corrected chi connectivity index (χ2v) is 7.49. The van der Waals surface area contributed by atoms with E-state index in [0.29, 0.717) is 24.2 Å². The maximum atomic E-state index is 13.3. The first-order valence-corrected chi connectivity index (χ1v) is 9.63. The summed E-state index contributed by atoms with van der Waals surface area (Å²) in [7, 11) is 1.30. The Morgan fingerprint density at radius 2 is 1.72 bits per heavy atom. The SMILES string of the molecule is COC(=O)C1=C(N)OC2=C(C(=O)C[C@@H](c3ccccc3)C2)[C@@H]1c1ccc(C)cc1. The molecule has 2 N–H and O–H groups in total. The average molecular weight is 389 g/mol. The topological polar surface area (TPSA) is 78.6 Å². The van der Waals surface area contributed by atoms with Crippen molar-refractivity contribution in [2.24, 2.45) is 5.73 Å². The molecule has 4 rings (SSSR count). The minimum Gasteiger partial charge on any atom is -0.465 e. The zero-order chi connectivity index (χ0) is 20.5. The molecule has 1 aliphatic heterocycles. The van der Waals surface area contributed by atoms with Gasteiger partial charge in [-0.3, -0.25) is 4.79 Å². The minimum atomic E-state index is -0.587. The first-order chi connectivity index (χ1) is 14.0. The fraction of sp³-hybridized carbons (Fsp3) is 0.250. The van der Waals surface area contributed by atoms with Crippen molar-refractivity contribution in [3.05, 3.63) is 94.1 Å². The number of benzene rings is 2. The minimum absolute atomic E-state index is 0.00249. The fourth-order valence-corrected chi connectivity index (χ4v) is 4.17. The van der Waals surface area contributed by atoms with Crippen LogP contribution in [-0.4, -0.2) is 18.9 Å². The molecular formula is C24H23NO4. The number of esters is 1. The van der Waals surface area contributed by atoms with Crippen LogP contribution in [0.25, 0.3) is 0 Å². The lowest BCUT2D eigenvalue weighted by Crippen LogP contribution is -2.32. The highest BCUT2D eigenvalue weighted by molar-refractivity contribution is 6.03. The number of ether oxygens (including phenoxy) is 2. The molecule has 0 unspecified atom stereocenters. The van der Waals surface area contributed by atoms with Crippen LogP contribution in [0.1, 0.15) is 41.4 Å². The quantitative estimate of drug-likeness (QED) is 0.807. The Kier molecular flexibility index (Phi) is 4.97. The molecule has 0 saturated heterocycles. The molecule has 2 aromatic rings. The number of allylic oxidation sites excluding steroid dienone is 2.